The summed E-state index contributed by atoms with van der Waals surface area (Å²) in [6, 6.07) is 16.9. The Labute approximate surface area is 153 Å². The van der Waals surface area contributed by atoms with Crippen LogP contribution in [0.25, 0.3) is 5.82 Å². The first-order chi connectivity index (χ1) is 12.7. The minimum Gasteiger partial charge on any atom is -0.364 e. The molecule has 26 heavy (non-hydrogen) atoms. The van der Waals surface area contributed by atoms with Crippen molar-refractivity contribution in [2.75, 3.05) is 18.4 Å². The van der Waals surface area contributed by atoms with Gasteiger partial charge in [-0.1, -0.05) is 37.3 Å². The van der Waals surface area contributed by atoms with Crippen LogP contribution in [0.15, 0.2) is 54.7 Å². The third-order valence-electron chi connectivity index (χ3n) is 4.88. The van der Waals surface area contributed by atoms with Gasteiger partial charge in [0.05, 0.1) is 5.69 Å². The third kappa shape index (κ3) is 3.75. The molecule has 0 radical (unpaired) electrons. The van der Waals surface area contributed by atoms with Crippen molar-refractivity contribution in [2.45, 2.75) is 26.4 Å². The molecule has 1 aliphatic heterocycles. The fourth-order valence-corrected chi connectivity index (χ4v) is 3.48. The van der Waals surface area contributed by atoms with Crippen LogP contribution in [0.1, 0.15) is 18.2 Å². The van der Waals surface area contributed by atoms with E-state index in [4.69, 9.17) is 0 Å². The first-order valence-electron chi connectivity index (χ1n) is 9.06. The van der Waals surface area contributed by atoms with Gasteiger partial charge in [-0.3, -0.25) is 4.90 Å². The predicted octanol–water partition coefficient (Wildman–Crippen LogP) is 2.90. The van der Waals surface area contributed by atoms with E-state index in [1.54, 1.807) is 4.68 Å². The highest BCUT2D eigenvalue weighted by molar-refractivity contribution is 5.38. The molecule has 3 aromatic rings. The van der Waals surface area contributed by atoms with Crippen LogP contribution in [0.5, 0.6) is 0 Å². The minimum absolute atomic E-state index is 0.380. The summed E-state index contributed by atoms with van der Waals surface area (Å²) in [5.74, 6) is 2.11. The summed E-state index contributed by atoms with van der Waals surface area (Å²) in [4.78, 5) is 2.49. The van der Waals surface area contributed by atoms with E-state index in [-0.39, 0.29) is 0 Å². The minimum atomic E-state index is 0.380. The van der Waals surface area contributed by atoms with Crippen molar-refractivity contribution in [1.29, 1.82) is 0 Å². The average Bonchev–Trinajstić information content (AvgIpc) is 3.22. The topological polar surface area (TPSA) is 58.9 Å². The van der Waals surface area contributed by atoms with E-state index >= 15 is 0 Å². The van der Waals surface area contributed by atoms with Crippen molar-refractivity contribution in [3.8, 4) is 5.82 Å². The fraction of sp³-hybridized carbons (Fsp3) is 0.350. The van der Waals surface area contributed by atoms with E-state index < -0.39 is 0 Å². The molecule has 1 saturated heterocycles. The zero-order valence-electron chi connectivity index (χ0n) is 15.2. The summed E-state index contributed by atoms with van der Waals surface area (Å²) >= 11 is 0. The molecule has 6 heteroatoms. The molecule has 0 spiro atoms. The van der Waals surface area contributed by atoms with Crippen LogP contribution in [0.4, 0.5) is 5.82 Å². The lowest BCUT2D eigenvalue weighted by Gasteiger charge is -2.17. The Balaban J connectivity index is 1.38. The molecule has 1 fully saturated rings. The Morgan fingerprint density at radius 2 is 1.88 bits per heavy atom. The largest absolute Gasteiger partial charge is 0.364 e. The molecule has 0 bridgehead atoms. The Morgan fingerprint density at radius 3 is 2.58 bits per heavy atom. The van der Waals surface area contributed by atoms with Crippen LogP contribution in [-0.2, 0) is 6.54 Å². The highest BCUT2D eigenvalue weighted by Crippen LogP contribution is 2.22. The molecule has 2 aromatic heterocycles. The number of nitrogens with one attached hydrogen (secondary N) is 1. The predicted molar refractivity (Wildman–Crippen MR) is 102 cm³/mol. The molecular formula is C20H24N6. The van der Waals surface area contributed by atoms with Crippen molar-refractivity contribution in [1.82, 2.24) is 24.9 Å². The van der Waals surface area contributed by atoms with Crippen molar-refractivity contribution < 1.29 is 0 Å². The number of aryl methyl sites for hydroxylation is 1. The van der Waals surface area contributed by atoms with Gasteiger partial charge in [0.15, 0.2) is 5.82 Å². The van der Waals surface area contributed by atoms with Crippen LogP contribution < -0.4 is 5.32 Å². The number of nitrogens with zero attached hydrogens (tertiary/aromatic N) is 5. The van der Waals surface area contributed by atoms with Gasteiger partial charge >= 0.3 is 0 Å². The molecule has 0 aliphatic carbocycles. The molecule has 1 aliphatic rings. The van der Waals surface area contributed by atoms with Crippen molar-refractivity contribution in [3.05, 3.63) is 66.0 Å². The molecule has 0 saturated carbocycles. The quantitative estimate of drug-likeness (QED) is 0.768. The maximum Gasteiger partial charge on any atom is 0.175 e. The summed E-state index contributed by atoms with van der Waals surface area (Å²) in [6.45, 7) is 7.34. The normalized spacial score (nSPS) is 20.4. The second-order valence-corrected chi connectivity index (χ2v) is 7.09. The number of benzene rings is 1. The van der Waals surface area contributed by atoms with Gasteiger partial charge in [0.25, 0.3) is 0 Å². The number of likely N-dealkylation sites (tertiary alicyclic amines) is 1. The Morgan fingerprint density at radius 1 is 1.04 bits per heavy atom. The number of anilines is 1. The average molecular weight is 348 g/mol. The van der Waals surface area contributed by atoms with Gasteiger partial charge in [-0.15, -0.1) is 10.2 Å². The second-order valence-electron chi connectivity index (χ2n) is 7.09. The lowest BCUT2D eigenvalue weighted by Crippen LogP contribution is -2.28. The van der Waals surface area contributed by atoms with Gasteiger partial charge in [-0.05, 0) is 36.6 Å². The van der Waals surface area contributed by atoms with E-state index in [1.807, 2.05) is 31.3 Å². The van der Waals surface area contributed by atoms with Crippen LogP contribution in [0.2, 0.25) is 0 Å². The highest BCUT2D eigenvalue weighted by atomic mass is 15.3. The van der Waals surface area contributed by atoms with Gasteiger partial charge in [0.2, 0.25) is 0 Å². The van der Waals surface area contributed by atoms with Crippen molar-refractivity contribution in [2.24, 2.45) is 5.92 Å². The van der Waals surface area contributed by atoms with Crippen LogP contribution in [0, 0.1) is 12.8 Å². The number of aromatic nitrogens is 4. The molecule has 2 unspecified atom stereocenters. The van der Waals surface area contributed by atoms with Gasteiger partial charge in [0, 0.05) is 31.9 Å². The Hall–Kier alpha value is -2.73. The molecule has 134 valence electrons. The van der Waals surface area contributed by atoms with Gasteiger partial charge < -0.3 is 5.32 Å². The number of hydrogen-bond acceptors (Lipinski definition) is 5. The van der Waals surface area contributed by atoms with E-state index in [9.17, 15) is 0 Å². The van der Waals surface area contributed by atoms with Crippen LogP contribution in [-0.4, -0.2) is 44.0 Å². The van der Waals surface area contributed by atoms with Gasteiger partial charge in [0.1, 0.15) is 5.82 Å². The summed E-state index contributed by atoms with van der Waals surface area (Å²) in [5, 5.41) is 16.5. The summed E-state index contributed by atoms with van der Waals surface area (Å²) < 4.78 is 1.74. The third-order valence-corrected chi connectivity index (χ3v) is 4.88. The highest BCUT2D eigenvalue weighted by Gasteiger charge is 2.29. The zero-order valence-corrected chi connectivity index (χ0v) is 15.2. The summed E-state index contributed by atoms with van der Waals surface area (Å²) in [6.07, 6.45) is 1.90. The summed E-state index contributed by atoms with van der Waals surface area (Å²) in [7, 11) is 0. The van der Waals surface area contributed by atoms with E-state index in [0.29, 0.717) is 12.0 Å². The van der Waals surface area contributed by atoms with Gasteiger partial charge in [-0.25, -0.2) is 4.68 Å². The Bertz CT molecular complexity index is 842. The number of rotatable bonds is 5. The van der Waals surface area contributed by atoms with E-state index in [1.165, 1.54) is 5.56 Å². The SMILES string of the molecule is Cc1ccn(-c2ccc(NC3CN(Cc4ccccc4)CC3C)nn2)n1. The first kappa shape index (κ1) is 16.7. The lowest BCUT2D eigenvalue weighted by atomic mass is 10.1. The molecule has 1 N–H and O–H groups in total. The first-order valence-corrected chi connectivity index (χ1v) is 9.06. The molecule has 3 heterocycles. The maximum atomic E-state index is 4.36. The lowest BCUT2D eigenvalue weighted by molar-refractivity contribution is 0.319. The monoisotopic (exact) mass is 348 g/mol. The van der Waals surface area contributed by atoms with Crippen LogP contribution >= 0.6 is 0 Å². The molecule has 2 atom stereocenters. The van der Waals surface area contributed by atoms with Gasteiger partial charge in [-0.2, -0.15) is 5.10 Å². The molecular weight excluding hydrogens is 324 g/mol. The van der Waals surface area contributed by atoms with Crippen LogP contribution in [0.3, 0.4) is 0 Å². The number of hydrogen-bond donors (Lipinski definition) is 1. The molecule has 4 rings (SSSR count). The zero-order chi connectivity index (χ0) is 17.9. The molecule has 1 aromatic carbocycles. The van der Waals surface area contributed by atoms with E-state index in [0.717, 1.165) is 37.0 Å². The second kappa shape index (κ2) is 7.25. The fourth-order valence-electron chi connectivity index (χ4n) is 3.48. The van der Waals surface area contributed by atoms with Crippen molar-refractivity contribution in [3.63, 3.8) is 0 Å². The van der Waals surface area contributed by atoms with Crippen molar-refractivity contribution >= 4 is 5.82 Å². The standard InChI is InChI=1S/C20H24N6/c1-15-12-25(13-17-6-4-3-5-7-17)14-18(15)21-19-8-9-20(23-22-19)26-11-10-16(2)24-26/h3-11,15,18H,12-14H2,1-2H3,(H,21,22). The summed E-state index contributed by atoms with van der Waals surface area (Å²) in [5.41, 5.74) is 2.33. The smallest absolute Gasteiger partial charge is 0.175 e. The molecule has 6 nitrogen and oxygen atoms in total. The maximum absolute atomic E-state index is 4.36. The molecule has 0 amide bonds. The Kier molecular flexibility index (Phi) is 4.67. The van der Waals surface area contributed by atoms with E-state index in [2.05, 4.69) is 62.8 Å².